The summed E-state index contributed by atoms with van der Waals surface area (Å²) in [5, 5.41) is 10.3. The largest absolute Gasteiger partial charge is 0.523 e. The molecule has 6 atom stereocenters. The minimum atomic E-state index is -5.85. The molecule has 0 saturated carbocycles. The zero-order valence-electron chi connectivity index (χ0n) is 16.5. The van der Waals surface area contributed by atoms with Crippen LogP contribution in [0.1, 0.15) is 6.23 Å². The Kier molecular flexibility index (Phi) is 7.77. The Labute approximate surface area is 190 Å². The molecule has 1 aliphatic heterocycles. The lowest BCUT2D eigenvalue weighted by Gasteiger charge is -2.23. The number of alkyl halides is 3. The Morgan fingerprint density at radius 2 is 1.74 bits per heavy atom. The number of anilines is 1. The van der Waals surface area contributed by atoms with Gasteiger partial charge in [-0.05, 0) is 0 Å². The first-order valence-corrected chi connectivity index (χ1v) is 13.2. The van der Waals surface area contributed by atoms with Gasteiger partial charge in [0.2, 0.25) is 0 Å². The number of nitrogens with zero attached hydrogens (tertiary/aromatic N) is 4. The molecule has 3 rings (SSSR count). The van der Waals surface area contributed by atoms with E-state index in [4.69, 9.17) is 25.2 Å². The van der Waals surface area contributed by atoms with Gasteiger partial charge in [0.1, 0.15) is 30.2 Å². The van der Waals surface area contributed by atoms with Crippen LogP contribution in [0.5, 0.6) is 0 Å². The lowest BCUT2D eigenvalue weighted by molar-refractivity contribution is -0.355. The van der Waals surface area contributed by atoms with Crippen LogP contribution in [0.25, 0.3) is 11.2 Å². The van der Waals surface area contributed by atoms with Gasteiger partial charge < -0.3 is 35.2 Å². The predicted molar refractivity (Wildman–Crippen MR) is 100 cm³/mol. The summed E-state index contributed by atoms with van der Waals surface area (Å²) in [6, 6.07) is 0. The third-order valence-corrected chi connectivity index (χ3v) is 7.86. The van der Waals surface area contributed by atoms with Crippen molar-refractivity contribution in [2.24, 2.45) is 0 Å². The van der Waals surface area contributed by atoms with Gasteiger partial charge in [0.25, 0.3) is 0 Å². The Balaban J connectivity index is 1.81. The molecule has 0 amide bonds. The van der Waals surface area contributed by atoms with Crippen LogP contribution >= 0.6 is 23.5 Å². The standard InChI is InChI=1S/C11H15F3N5O13P3/c12-11(13,14)30-7-6(20)4(1-28-34(24,25)32-35(26,27)31-33(21,22)23)29-10(7)19-3-18-5-8(15)16-2-17-9(5)19/h2-4,6-7,10,20H,1H2,(H,24,25)(H,26,27)(H2,15,16,17)(H2,21,22,23)/t4-,6+,7-,10-/m1/s1. The van der Waals surface area contributed by atoms with Gasteiger partial charge in [-0.1, -0.05) is 0 Å². The van der Waals surface area contributed by atoms with Crippen molar-refractivity contribution in [3.05, 3.63) is 12.7 Å². The molecule has 24 heteroatoms. The number of halogens is 3. The number of hydrogen-bond acceptors (Lipinski definition) is 13. The normalized spacial score (nSPS) is 27.1. The van der Waals surface area contributed by atoms with E-state index in [1.54, 1.807) is 0 Å². The van der Waals surface area contributed by atoms with Crippen molar-refractivity contribution in [3.8, 4) is 0 Å². The van der Waals surface area contributed by atoms with Gasteiger partial charge in [-0.15, -0.1) is 13.2 Å². The van der Waals surface area contributed by atoms with E-state index in [2.05, 4.69) is 32.8 Å². The summed E-state index contributed by atoms with van der Waals surface area (Å²) in [6.45, 7) is -1.25. The van der Waals surface area contributed by atoms with E-state index in [-0.39, 0.29) is 17.0 Å². The van der Waals surface area contributed by atoms with E-state index in [1.165, 1.54) is 0 Å². The van der Waals surface area contributed by atoms with E-state index < -0.39 is 61.0 Å². The average Bonchev–Trinajstić information content (AvgIpc) is 3.19. The van der Waals surface area contributed by atoms with Crippen molar-refractivity contribution in [2.75, 3.05) is 12.3 Å². The maximum absolute atomic E-state index is 13.0. The summed E-state index contributed by atoms with van der Waals surface area (Å²) >= 11 is 0. The Morgan fingerprint density at radius 1 is 1.09 bits per heavy atom. The first kappa shape index (κ1) is 28.0. The monoisotopic (exact) mass is 575 g/mol. The summed E-state index contributed by atoms with van der Waals surface area (Å²) in [7, 11) is -17.2. The molecule has 2 aromatic rings. The number of aliphatic hydroxyl groups is 1. The number of aromatic nitrogens is 4. The highest BCUT2D eigenvalue weighted by molar-refractivity contribution is 7.66. The van der Waals surface area contributed by atoms with E-state index in [0.29, 0.717) is 0 Å². The number of fused-ring (bicyclic) bond motifs is 1. The number of imidazole rings is 1. The van der Waals surface area contributed by atoms with Crippen LogP contribution < -0.4 is 5.73 Å². The molecule has 3 heterocycles. The first-order valence-electron chi connectivity index (χ1n) is 8.67. The molecular formula is C11H15F3N5O13P3. The second-order valence-corrected chi connectivity index (χ2v) is 11.0. The van der Waals surface area contributed by atoms with E-state index in [1.807, 2.05) is 0 Å². The lowest BCUT2D eigenvalue weighted by Crippen LogP contribution is -2.39. The highest BCUT2D eigenvalue weighted by atomic mass is 31.3. The van der Waals surface area contributed by atoms with Crippen LogP contribution in [-0.2, 0) is 36.3 Å². The summed E-state index contributed by atoms with van der Waals surface area (Å²) in [5.41, 5.74) is 5.46. The summed E-state index contributed by atoms with van der Waals surface area (Å²) in [4.78, 5) is 47.0. The molecule has 0 radical (unpaired) electrons. The van der Waals surface area contributed by atoms with Crippen LogP contribution in [0.15, 0.2) is 12.7 Å². The molecule has 35 heavy (non-hydrogen) atoms. The highest BCUT2D eigenvalue weighted by Gasteiger charge is 2.52. The molecule has 18 nitrogen and oxygen atoms in total. The number of hydrogen-bond donors (Lipinski definition) is 6. The van der Waals surface area contributed by atoms with Crippen LogP contribution in [0.4, 0.5) is 19.0 Å². The molecule has 0 aromatic carbocycles. The number of aliphatic hydroxyl groups excluding tert-OH is 1. The Hall–Kier alpha value is -1.57. The van der Waals surface area contributed by atoms with Crippen molar-refractivity contribution in [1.29, 1.82) is 0 Å². The van der Waals surface area contributed by atoms with Crippen molar-refractivity contribution < 1.29 is 74.2 Å². The molecule has 0 bridgehead atoms. The van der Waals surface area contributed by atoms with Crippen molar-refractivity contribution >= 4 is 40.4 Å². The summed E-state index contributed by atoms with van der Waals surface area (Å²) < 4.78 is 94.2. The number of ether oxygens (including phenoxy) is 2. The van der Waals surface area contributed by atoms with Gasteiger partial charge >= 0.3 is 29.8 Å². The van der Waals surface area contributed by atoms with Gasteiger partial charge in [0.05, 0.1) is 12.9 Å². The van der Waals surface area contributed by atoms with Crippen molar-refractivity contribution in [1.82, 2.24) is 19.5 Å². The highest BCUT2D eigenvalue weighted by Crippen LogP contribution is 2.66. The number of phosphoric ester groups is 1. The summed E-state index contributed by atoms with van der Waals surface area (Å²) in [5.74, 6) is -0.134. The molecule has 0 aliphatic carbocycles. The second kappa shape index (κ2) is 9.71. The Morgan fingerprint density at radius 3 is 2.34 bits per heavy atom. The quantitative estimate of drug-likeness (QED) is 0.213. The topological polar surface area (TPSA) is 268 Å². The van der Waals surface area contributed by atoms with E-state index >= 15 is 0 Å². The van der Waals surface area contributed by atoms with Gasteiger partial charge in [0.15, 0.2) is 17.7 Å². The first-order chi connectivity index (χ1) is 15.9. The van der Waals surface area contributed by atoms with Gasteiger partial charge in [-0.25, -0.2) is 28.6 Å². The Bertz CT molecular complexity index is 1220. The van der Waals surface area contributed by atoms with Crippen molar-refractivity contribution in [3.63, 3.8) is 0 Å². The van der Waals surface area contributed by atoms with Crippen LogP contribution in [0.3, 0.4) is 0 Å². The molecule has 7 N–H and O–H groups in total. The molecule has 1 aliphatic rings. The van der Waals surface area contributed by atoms with Gasteiger partial charge in [-0.3, -0.25) is 13.8 Å². The predicted octanol–water partition coefficient (Wildman–Crippen LogP) is -0.0849. The third-order valence-electron chi connectivity index (χ3n) is 4.06. The zero-order chi connectivity index (χ0) is 26.4. The molecular weight excluding hydrogens is 560 g/mol. The molecule has 198 valence electrons. The van der Waals surface area contributed by atoms with Crippen LogP contribution in [-0.4, -0.2) is 75.5 Å². The zero-order valence-corrected chi connectivity index (χ0v) is 19.2. The molecule has 2 aromatic heterocycles. The van der Waals surface area contributed by atoms with Crippen LogP contribution in [0.2, 0.25) is 0 Å². The number of rotatable bonds is 9. The van der Waals surface area contributed by atoms with Gasteiger partial charge in [0, 0.05) is 0 Å². The fourth-order valence-electron chi connectivity index (χ4n) is 2.89. The van der Waals surface area contributed by atoms with Crippen molar-refractivity contribution in [2.45, 2.75) is 30.9 Å². The fourth-order valence-corrected chi connectivity index (χ4v) is 5.92. The minimum absolute atomic E-state index is 0.0342. The van der Waals surface area contributed by atoms with Gasteiger partial charge in [-0.2, -0.15) is 8.62 Å². The fraction of sp³-hybridized carbons (Fsp3) is 0.545. The SMILES string of the molecule is Nc1ncnc2c1ncn2[C@@H]1O[C@H](COP(=O)(O)OP(=O)(O)OP(=O)(O)O)[C@H](O)[C@H]1OC(F)(F)F. The van der Waals surface area contributed by atoms with E-state index in [9.17, 15) is 36.9 Å². The third kappa shape index (κ3) is 7.23. The lowest BCUT2D eigenvalue weighted by atomic mass is 10.1. The number of nitrogens with two attached hydrogens (primary N) is 1. The maximum Gasteiger partial charge on any atom is 0.523 e. The van der Waals surface area contributed by atoms with Crippen LogP contribution in [0, 0.1) is 0 Å². The average molecular weight is 575 g/mol. The van der Waals surface area contributed by atoms with E-state index in [0.717, 1.165) is 17.2 Å². The molecule has 2 unspecified atom stereocenters. The molecule has 0 spiro atoms. The number of nitrogen functional groups attached to an aromatic ring is 1. The smallest absolute Gasteiger partial charge is 0.387 e. The maximum atomic E-state index is 13.0. The summed E-state index contributed by atoms with van der Waals surface area (Å²) in [6.07, 6.45) is -11.4. The molecule has 1 saturated heterocycles. The molecule has 1 fully saturated rings. The second-order valence-electron chi connectivity index (χ2n) is 6.55. The number of phosphoric acid groups is 3. The minimum Gasteiger partial charge on any atom is -0.387 e.